The number of hydrogen-bond acceptors (Lipinski definition) is 4. The van der Waals surface area contributed by atoms with E-state index in [1.807, 2.05) is 0 Å². The van der Waals surface area contributed by atoms with Crippen LogP contribution >= 0.6 is 11.6 Å². The third kappa shape index (κ3) is 3.96. The lowest BCUT2D eigenvalue weighted by Crippen LogP contribution is -2.19. The molecule has 2 aromatic carbocycles. The summed E-state index contributed by atoms with van der Waals surface area (Å²) in [4.78, 5) is 2.28. The molecule has 0 heterocycles. The molecule has 21 heavy (non-hydrogen) atoms. The van der Waals surface area contributed by atoms with Crippen molar-refractivity contribution < 1.29 is 8.42 Å². The number of anilines is 1. The Morgan fingerprint density at radius 2 is 1.86 bits per heavy atom. The third-order valence-electron chi connectivity index (χ3n) is 2.76. The molecule has 0 fully saturated rings. The van der Waals surface area contributed by atoms with Crippen molar-refractivity contribution in [1.29, 1.82) is 0 Å². The second-order valence-electron chi connectivity index (χ2n) is 4.37. The number of sulfonamides is 1. The Labute approximate surface area is 128 Å². The molecule has 3 N–H and O–H groups in total. The fraction of sp³-hybridized carbons (Fsp3) is 0.0714. The molecule has 2 rings (SSSR count). The van der Waals surface area contributed by atoms with Crippen LogP contribution in [0.5, 0.6) is 0 Å². The number of hydrazone groups is 1. The zero-order valence-electron chi connectivity index (χ0n) is 11.2. The van der Waals surface area contributed by atoms with Crippen LogP contribution in [0.2, 0.25) is 5.02 Å². The summed E-state index contributed by atoms with van der Waals surface area (Å²) in [5.41, 5.74) is 7.52. The van der Waals surface area contributed by atoms with Crippen LogP contribution in [0.4, 0.5) is 5.69 Å². The molecule has 0 aliphatic rings. The van der Waals surface area contributed by atoms with Gasteiger partial charge in [0.05, 0.1) is 10.6 Å². The summed E-state index contributed by atoms with van der Waals surface area (Å²) < 4.78 is 24.1. The molecule has 0 unspecified atom stereocenters. The van der Waals surface area contributed by atoms with Gasteiger partial charge in [-0.05, 0) is 48.9 Å². The van der Waals surface area contributed by atoms with Gasteiger partial charge in [0.2, 0.25) is 0 Å². The predicted molar refractivity (Wildman–Crippen MR) is 84.8 cm³/mol. The molecule has 0 aromatic heterocycles. The summed E-state index contributed by atoms with van der Waals surface area (Å²) in [7, 11) is -3.72. The summed E-state index contributed by atoms with van der Waals surface area (Å²) in [6.07, 6.45) is 0. The summed E-state index contributed by atoms with van der Waals surface area (Å²) in [5, 5.41) is 4.36. The Hall–Kier alpha value is -2.05. The van der Waals surface area contributed by atoms with Crippen molar-refractivity contribution in [2.24, 2.45) is 5.10 Å². The van der Waals surface area contributed by atoms with Gasteiger partial charge in [0.1, 0.15) is 0 Å². The maximum Gasteiger partial charge on any atom is 0.276 e. The quantitative estimate of drug-likeness (QED) is 0.515. The minimum absolute atomic E-state index is 0.0935. The first-order chi connectivity index (χ1) is 9.88. The lowest BCUT2D eigenvalue weighted by atomic mass is 10.1. The standard InChI is InChI=1S/C14H14ClN3O2S/c1-10(11-3-2-4-13(16)9-11)17-18-21(19,20)14-7-5-12(15)6-8-14/h2-9,18H,16H2,1H3/b17-10-. The summed E-state index contributed by atoms with van der Waals surface area (Å²) >= 11 is 5.73. The van der Waals surface area contributed by atoms with E-state index in [4.69, 9.17) is 17.3 Å². The fourth-order valence-corrected chi connectivity index (χ4v) is 2.61. The van der Waals surface area contributed by atoms with Crippen molar-refractivity contribution in [3.63, 3.8) is 0 Å². The van der Waals surface area contributed by atoms with Crippen molar-refractivity contribution in [3.05, 3.63) is 59.1 Å². The molecular formula is C14H14ClN3O2S. The van der Waals surface area contributed by atoms with Gasteiger partial charge in [0.25, 0.3) is 10.0 Å². The maximum absolute atomic E-state index is 12.1. The summed E-state index contributed by atoms with van der Waals surface area (Å²) in [6.45, 7) is 1.69. The molecule has 7 heteroatoms. The molecule has 110 valence electrons. The lowest BCUT2D eigenvalue weighted by Gasteiger charge is -2.06. The highest BCUT2D eigenvalue weighted by atomic mass is 35.5. The van der Waals surface area contributed by atoms with Gasteiger partial charge in [-0.25, -0.2) is 0 Å². The summed E-state index contributed by atoms with van der Waals surface area (Å²) in [5.74, 6) is 0. The Bertz CT molecular complexity index is 771. The zero-order chi connectivity index (χ0) is 15.5. The number of benzene rings is 2. The maximum atomic E-state index is 12.1. The Morgan fingerprint density at radius 3 is 2.48 bits per heavy atom. The number of nitrogens with one attached hydrogen (secondary N) is 1. The predicted octanol–water partition coefficient (Wildman–Crippen LogP) is 2.62. The second-order valence-corrected chi connectivity index (χ2v) is 6.47. The van der Waals surface area contributed by atoms with Crippen LogP contribution in [-0.2, 0) is 10.0 Å². The molecule has 0 aliphatic carbocycles. The summed E-state index contributed by atoms with van der Waals surface area (Å²) in [6, 6.07) is 12.9. The number of halogens is 1. The SMILES string of the molecule is C/C(=N/NS(=O)(=O)c1ccc(Cl)cc1)c1cccc(N)c1. The zero-order valence-corrected chi connectivity index (χ0v) is 12.8. The van der Waals surface area contributed by atoms with Crippen LogP contribution < -0.4 is 10.6 Å². The minimum atomic E-state index is -3.72. The van der Waals surface area contributed by atoms with E-state index in [0.29, 0.717) is 16.4 Å². The number of rotatable bonds is 4. The van der Waals surface area contributed by atoms with E-state index >= 15 is 0 Å². The average molecular weight is 324 g/mol. The van der Waals surface area contributed by atoms with E-state index in [1.54, 1.807) is 31.2 Å². The first-order valence-corrected chi connectivity index (χ1v) is 7.92. The van der Waals surface area contributed by atoms with Crippen LogP contribution in [-0.4, -0.2) is 14.1 Å². The normalized spacial score (nSPS) is 12.2. The molecule has 0 saturated carbocycles. The molecule has 0 atom stereocenters. The molecule has 2 aromatic rings. The van der Waals surface area contributed by atoms with Crippen LogP contribution in [0.15, 0.2) is 58.5 Å². The highest BCUT2D eigenvalue weighted by Crippen LogP contribution is 2.14. The first-order valence-electron chi connectivity index (χ1n) is 6.06. The van der Waals surface area contributed by atoms with E-state index in [2.05, 4.69) is 9.93 Å². The molecule has 0 amide bonds. The van der Waals surface area contributed by atoms with Gasteiger partial charge in [0, 0.05) is 10.7 Å². The van der Waals surface area contributed by atoms with Crippen LogP contribution in [0.3, 0.4) is 0 Å². The molecule has 0 bridgehead atoms. The molecular weight excluding hydrogens is 310 g/mol. The first kappa shape index (κ1) is 15.3. The Kier molecular flexibility index (Phi) is 4.50. The van der Waals surface area contributed by atoms with Gasteiger partial charge in [-0.1, -0.05) is 23.7 Å². The van der Waals surface area contributed by atoms with Crippen molar-refractivity contribution in [2.75, 3.05) is 5.73 Å². The van der Waals surface area contributed by atoms with Crippen molar-refractivity contribution >= 4 is 33.0 Å². The van der Waals surface area contributed by atoms with Gasteiger partial charge in [-0.2, -0.15) is 18.4 Å². The van der Waals surface area contributed by atoms with Gasteiger partial charge in [-0.15, -0.1) is 0 Å². The largest absolute Gasteiger partial charge is 0.399 e. The molecule has 0 radical (unpaired) electrons. The van der Waals surface area contributed by atoms with Crippen LogP contribution in [0, 0.1) is 0 Å². The monoisotopic (exact) mass is 323 g/mol. The van der Waals surface area contributed by atoms with E-state index in [1.165, 1.54) is 24.3 Å². The van der Waals surface area contributed by atoms with E-state index in [-0.39, 0.29) is 4.90 Å². The fourth-order valence-electron chi connectivity index (χ4n) is 1.62. The second kappa shape index (κ2) is 6.15. The molecule has 0 saturated heterocycles. The van der Waals surface area contributed by atoms with Crippen LogP contribution in [0.25, 0.3) is 0 Å². The third-order valence-corrected chi connectivity index (χ3v) is 4.24. The van der Waals surface area contributed by atoms with Gasteiger partial charge >= 0.3 is 0 Å². The van der Waals surface area contributed by atoms with Gasteiger partial charge in [-0.3, -0.25) is 0 Å². The Balaban J connectivity index is 2.21. The van der Waals surface area contributed by atoms with Crippen molar-refractivity contribution in [2.45, 2.75) is 11.8 Å². The smallest absolute Gasteiger partial charge is 0.276 e. The topological polar surface area (TPSA) is 84.5 Å². The average Bonchev–Trinajstić information content (AvgIpc) is 2.45. The van der Waals surface area contributed by atoms with E-state index in [9.17, 15) is 8.42 Å². The van der Waals surface area contributed by atoms with Crippen LogP contribution in [0.1, 0.15) is 12.5 Å². The van der Waals surface area contributed by atoms with E-state index < -0.39 is 10.0 Å². The highest BCUT2D eigenvalue weighted by Gasteiger charge is 2.12. The lowest BCUT2D eigenvalue weighted by molar-refractivity contribution is 0.584. The number of nitrogens with two attached hydrogens (primary N) is 1. The van der Waals surface area contributed by atoms with Gasteiger partial charge < -0.3 is 5.73 Å². The van der Waals surface area contributed by atoms with Crippen molar-refractivity contribution in [3.8, 4) is 0 Å². The molecule has 0 spiro atoms. The number of hydrogen-bond donors (Lipinski definition) is 2. The van der Waals surface area contributed by atoms with E-state index in [0.717, 1.165) is 5.56 Å². The number of nitrogens with zero attached hydrogens (tertiary/aromatic N) is 1. The van der Waals surface area contributed by atoms with Crippen molar-refractivity contribution in [1.82, 2.24) is 4.83 Å². The minimum Gasteiger partial charge on any atom is -0.399 e. The highest BCUT2D eigenvalue weighted by molar-refractivity contribution is 7.89. The van der Waals surface area contributed by atoms with Gasteiger partial charge in [0.15, 0.2) is 0 Å². The molecule has 5 nitrogen and oxygen atoms in total. The number of nitrogen functional groups attached to an aromatic ring is 1. The Morgan fingerprint density at radius 1 is 1.19 bits per heavy atom. The molecule has 0 aliphatic heterocycles.